The van der Waals surface area contributed by atoms with Crippen molar-refractivity contribution in [2.75, 3.05) is 0 Å². The Morgan fingerprint density at radius 1 is 1.40 bits per heavy atom. The van der Waals surface area contributed by atoms with Crippen molar-refractivity contribution in [3.05, 3.63) is 64.7 Å². The van der Waals surface area contributed by atoms with Crippen LogP contribution in [0.3, 0.4) is 0 Å². The van der Waals surface area contributed by atoms with Gasteiger partial charge in [0.1, 0.15) is 11.0 Å². The van der Waals surface area contributed by atoms with Crippen LogP contribution in [0.1, 0.15) is 22.8 Å². The van der Waals surface area contributed by atoms with Gasteiger partial charge < -0.3 is 5.32 Å². The van der Waals surface area contributed by atoms with Crippen molar-refractivity contribution in [2.24, 2.45) is 0 Å². The molecule has 0 spiro atoms. The highest BCUT2D eigenvalue weighted by atomic mass is 35.5. The van der Waals surface area contributed by atoms with Gasteiger partial charge in [-0.2, -0.15) is 0 Å². The topological polar surface area (TPSA) is 42.0 Å². The molecule has 2 rings (SSSR count). The first-order chi connectivity index (χ1) is 9.56. The van der Waals surface area contributed by atoms with Gasteiger partial charge in [-0.3, -0.25) is 4.79 Å². The lowest BCUT2D eigenvalue weighted by Gasteiger charge is -2.14. The number of hydrogen-bond donors (Lipinski definition) is 1. The van der Waals surface area contributed by atoms with Crippen LogP contribution < -0.4 is 5.32 Å². The van der Waals surface area contributed by atoms with Crippen molar-refractivity contribution in [2.45, 2.75) is 19.4 Å². The molecule has 104 valence electrons. The monoisotopic (exact) mass is 292 g/mol. The molecule has 0 radical (unpaired) electrons. The SMILES string of the molecule is CC(Cc1ccccc1)NC(=O)c1cc(F)cnc1Cl. The van der Waals surface area contributed by atoms with Gasteiger partial charge in [-0.05, 0) is 25.0 Å². The van der Waals surface area contributed by atoms with E-state index in [2.05, 4.69) is 10.3 Å². The molecular formula is C15H14ClFN2O. The van der Waals surface area contributed by atoms with Gasteiger partial charge in [-0.1, -0.05) is 41.9 Å². The van der Waals surface area contributed by atoms with Crippen molar-refractivity contribution in [1.82, 2.24) is 10.3 Å². The van der Waals surface area contributed by atoms with E-state index in [1.165, 1.54) is 0 Å². The Bertz CT molecular complexity index is 604. The lowest BCUT2D eigenvalue weighted by atomic mass is 10.1. The van der Waals surface area contributed by atoms with Crippen LogP contribution in [0, 0.1) is 5.82 Å². The number of pyridine rings is 1. The maximum absolute atomic E-state index is 13.1. The van der Waals surface area contributed by atoms with Gasteiger partial charge in [0.2, 0.25) is 0 Å². The molecule has 0 saturated heterocycles. The average Bonchev–Trinajstić information content (AvgIpc) is 2.42. The van der Waals surface area contributed by atoms with E-state index in [4.69, 9.17) is 11.6 Å². The summed E-state index contributed by atoms with van der Waals surface area (Å²) in [4.78, 5) is 15.6. The molecule has 1 aromatic heterocycles. The number of nitrogens with zero attached hydrogens (tertiary/aromatic N) is 1. The fourth-order valence-electron chi connectivity index (χ4n) is 1.90. The number of carbonyl (C=O) groups is 1. The molecular weight excluding hydrogens is 279 g/mol. The summed E-state index contributed by atoms with van der Waals surface area (Å²) in [7, 11) is 0. The fraction of sp³-hybridized carbons (Fsp3) is 0.200. The summed E-state index contributed by atoms with van der Waals surface area (Å²) in [6, 6.07) is 10.8. The number of amides is 1. The lowest BCUT2D eigenvalue weighted by molar-refractivity contribution is 0.0939. The highest BCUT2D eigenvalue weighted by molar-refractivity contribution is 6.32. The largest absolute Gasteiger partial charge is 0.349 e. The van der Waals surface area contributed by atoms with Gasteiger partial charge in [0.15, 0.2) is 0 Å². The molecule has 20 heavy (non-hydrogen) atoms. The number of hydrogen-bond acceptors (Lipinski definition) is 2. The number of aromatic nitrogens is 1. The minimum absolute atomic E-state index is 0.00388. The van der Waals surface area contributed by atoms with Gasteiger partial charge in [0.25, 0.3) is 5.91 Å². The van der Waals surface area contributed by atoms with E-state index < -0.39 is 11.7 Å². The normalized spacial score (nSPS) is 11.9. The fourth-order valence-corrected chi connectivity index (χ4v) is 2.09. The predicted molar refractivity (Wildman–Crippen MR) is 76.3 cm³/mol. The number of nitrogens with one attached hydrogen (secondary N) is 1. The Balaban J connectivity index is 2.02. The molecule has 0 aliphatic carbocycles. The Labute approximate surface area is 121 Å². The van der Waals surface area contributed by atoms with Crippen LogP contribution in [0.2, 0.25) is 5.15 Å². The molecule has 0 aliphatic heterocycles. The average molecular weight is 293 g/mol. The molecule has 3 nitrogen and oxygen atoms in total. The maximum atomic E-state index is 13.1. The summed E-state index contributed by atoms with van der Waals surface area (Å²) in [5.41, 5.74) is 1.16. The van der Waals surface area contributed by atoms with E-state index in [0.717, 1.165) is 17.8 Å². The van der Waals surface area contributed by atoms with Crippen molar-refractivity contribution >= 4 is 17.5 Å². The Morgan fingerprint density at radius 2 is 2.10 bits per heavy atom. The van der Waals surface area contributed by atoms with Crippen molar-refractivity contribution in [1.29, 1.82) is 0 Å². The zero-order chi connectivity index (χ0) is 14.5. The maximum Gasteiger partial charge on any atom is 0.254 e. The molecule has 5 heteroatoms. The first-order valence-electron chi connectivity index (χ1n) is 6.22. The molecule has 1 N–H and O–H groups in total. The van der Waals surface area contributed by atoms with E-state index in [-0.39, 0.29) is 16.8 Å². The van der Waals surface area contributed by atoms with E-state index in [0.29, 0.717) is 6.42 Å². The summed E-state index contributed by atoms with van der Waals surface area (Å²) < 4.78 is 13.1. The Morgan fingerprint density at radius 3 is 2.80 bits per heavy atom. The number of halogens is 2. The Kier molecular flexibility index (Phi) is 4.69. The summed E-state index contributed by atoms with van der Waals surface area (Å²) in [5.74, 6) is -1.01. The van der Waals surface area contributed by atoms with Gasteiger partial charge >= 0.3 is 0 Å². The lowest BCUT2D eigenvalue weighted by Crippen LogP contribution is -2.34. The molecule has 1 aromatic carbocycles. The highest BCUT2D eigenvalue weighted by Crippen LogP contribution is 2.14. The van der Waals surface area contributed by atoms with Crippen LogP contribution in [0.15, 0.2) is 42.6 Å². The summed E-state index contributed by atoms with van der Waals surface area (Å²) in [6.07, 6.45) is 1.67. The quantitative estimate of drug-likeness (QED) is 0.879. The van der Waals surface area contributed by atoms with Crippen LogP contribution in [0.25, 0.3) is 0 Å². The molecule has 1 atom stereocenters. The Hall–Kier alpha value is -1.94. The molecule has 2 aromatic rings. The van der Waals surface area contributed by atoms with E-state index in [1.807, 2.05) is 37.3 Å². The zero-order valence-electron chi connectivity index (χ0n) is 10.9. The van der Waals surface area contributed by atoms with Crippen LogP contribution >= 0.6 is 11.6 Å². The standard InChI is InChI=1S/C15H14ClFN2O/c1-10(7-11-5-3-2-4-6-11)19-15(20)13-8-12(17)9-18-14(13)16/h2-6,8-10H,7H2,1H3,(H,19,20). The number of rotatable bonds is 4. The zero-order valence-corrected chi connectivity index (χ0v) is 11.7. The number of carbonyl (C=O) groups excluding carboxylic acids is 1. The van der Waals surface area contributed by atoms with Crippen LogP contribution in [0.4, 0.5) is 4.39 Å². The second-order valence-electron chi connectivity index (χ2n) is 4.56. The first-order valence-corrected chi connectivity index (χ1v) is 6.60. The van der Waals surface area contributed by atoms with Gasteiger partial charge in [0.05, 0.1) is 11.8 Å². The summed E-state index contributed by atoms with van der Waals surface area (Å²) in [6.45, 7) is 1.88. The molecule has 1 amide bonds. The molecule has 0 fully saturated rings. The minimum Gasteiger partial charge on any atom is -0.349 e. The van der Waals surface area contributed by atoms with E-state index in [1.54, 1.807) is 0 Å². The van der Waals surface area contributed by atoms with Crippen molar-refractivity contribution in [3.63, 3.8) is 0 Å². The van der Waals surface area contributed by atoms with Crippen molar-refractivity contribution < 1.29 is 9.18 Å². The molecule has 0 bridgehead atoms. The second-order valence-corrected chi connectivity index (χ2v) is 4.91. The van der Waals surface area contributed by atoms with Crippen LogP contribution in [-0.2, 0) is 6.42 Å². The van der Waals surface area contributed by atoms with E-state index >= 15 is 0 Å². The number of benzene rings is 1. The molecule has 0 saturated carbocycles. The predicted octanol–water partition coefficient (Wildman–Crippen LogP) is 3.24. The van der Waals surface area contributed by atoms with Crippen LogP contribution in [0.5, 0.6) is 0 Å². The summed E-state index contributed by atoms with van der Waals surface area (Å²) in [5, 5.41) is 2.78. The van der Waals surface area contributed by atoms with Gasteiger partial charge in [0, 0.05) is 6.04 Å². The van der Waals surface area contributed by atoms with E-state index in [9.17, 15) is 9.18 Å². The van der Waals surface area contributed by atoms with Crippen molar-refractivity contribution in [3.8, 4) is 0 Å². The second kappa shape index (κ2) is 6.48. The summed E-state index contributed by atoms with van der Waals surface area (Å²) >= 11 is 5.80. The highest BCUT2D eigenvalue weighted by Gasteiger charge is 2.15. The molecule has 1 unspecified atom stereocenters. The molecule has 1 heterocycles. The minimum atomic E-state index is -0.588. The van der Waals surface area contributed by atoms with Gasteiger partial charge in [-0.15, -0.1) is 0 Å². The smallest absolute Gasteiger partial charge is 0.254 e. The van der Waals surface area contributed by atoms with Gasteiger partial charge in [-0.25, -0.2) is 9.37 Å². The van der Waals surface area contributed by atoms with Crippen LogP contribution in [-0.4, -0.2) is 16.9 Å². The molecule has 0 aliphatic rings. The first kappa shape index (κ1) is 14.5. The third-order valence-corrected chi connectivity index (χ3v) is 3.11. The third kappa shape index (κ3) is 3.78. The third-order valence-electron chi connectivity index (χ3n) is 2.81.